The predicted octanol–water partition coefficient (Wildman–Crippen LogP) is 4.59. The van der Waals surface area contributed by atoms with Crippen molar-refractivity contribution >= 4 is 5.69 Å². The van der Waals surface area contributed by atoms with Crippen molar-refractivity contribution in [1.82, 2.24) is 9.97 Å². The minimum absolute atomic E-state index is 0.172. The number of aryl methyl sites for hydroxylation is 2. The zero-order valence-electron chi connectivity index (χ0n) is 13.7. The van der Waals surface area contributed by atoms with Gasteiger partial charge in [0.05, 0.1) is 4.92 Å². The van der Waals surface area contributed by atoms with Crippen molar-refractivity contribution in [2.45, 2.75) is 13.8 Å². The summed E-state index contributed by atoms with van der Waals surface area (Å²) in [4.78, 5) is 18.7. The van der Waals surface area contributed by atoms with E-state index in [1.165, 1.54) is 6.33 Å². The molecule has 0 saturated carbocycles. The first-order valence-electron chi connectivity index (χ1n) is 7.52. The van der Waals surface area contributed by atoms with Gasteiger partial charge in [0.1, 0.15) is 17.8 Å². The third-order valence-corrected chi connectivity index (χ3v) is 3.59. The maximum absolute atomic E-state index is 11.5. The normalized spacial score (nSPS) is 10.3. The highest BCUT2D eigenvalue weighted by molar-refractivity contribution is 5.52. The molecule has 0 radical (unpaired) electrons. The fraction of sp³-hybridized carbons (Fsp3) is 0.111. The van der Waals surface area contributed by atoms with Crippen molar-refractivity contribution < 1.29 is 14.4 Å². The molecule has 25 heavy (non-hydrogen) atoms. The molecule has 0 amide bonds. The lowest BCUT2D eigenvalue weighted by molar-refractivity contribution is -0.387. The Labute approximate surface area is 144 Å². The van der Waals surface area contributed by atoms with Crippen molar-refractivity contribution in [3.63, 3.8) is 0 Å². The molecular weight excluding hydrogens is 322 g/mol. The van der Waals surface area contributed by atoms with Gasteiger partial charge in [-0.2, -0.15) is 9.97 Å². The molecule has 0 spiro atoms. The summed E-state index contributed by atoms with van der Waals surface area (Å²) in [7, 11) is 0. The van der Waals surface area contributed by atoms with Gasteiger partial charge in [-0.3, -0.25) is 10.1 Å². The quantitative estimate of drug-likeness (QED) is 0.500. The minimum Gasteiger partial charge on any atom is -0.433 e. The molecule has 3 rings (SSSR count). The number of benzene rings is 2. The molecule has 0 aliphatic carbocycles. The van der Waals surface area contributed by atoms with Gasteiger partial charge in [-0.25, -0.2) is 0 Å². The Balaban J connectivity index is 1.97. The molecule has 1 aromatic heterocycles. The van der Waals surface area contributed by atoms with Crippen LogP contribution in [-0.2, 0) is 0 Å². The molecular formula is C18H15N3O4. The smallest absolute Gasteiger partial charge is 0.393 e. The van der Waals surface area contributed by atoms with Crippen LogP contribution in [0, 0.1) is 24.0 Å². The lowest BCUT2D eigenvalue weighted by Gasteiger charge is -2.09. The van der Waals surface area contributed by atoms with Crippen LogP contribution in [0.25, 0.3) is 0 Å². The second-order valence-corrected chi connectivity index (χ2v) is 5.35. The number of para-hydroxylation sites is 1. The molecule has 126 valence electrons. The Morgan fingerprint density at radius 2 is 1.52 bits per heavy atom. The average molecular weight is 337 g/mol. The molecule has 0 N–H and O–H groups in total. The third-order valence-electron chi connectivity index (χ3n) is 3.59. The Bertz CT molecular complexity index is 913. The molecule has 0 aliphatic heterocycles. The van der Waals surface area contributed by atoms with Crippen LogP contribution in [0.2, 0.25) is 0 Å². The van der Waals surface area contributed by atoms with Crippen molar-refractivity contribution in [3.8, 4) is 23.3 Å². The van der Waals surface area contributed by atoms with Gasteiger partial charge in [-0.05, 0) is 49.2 Å². The minimum atomic E-state index is -0.616. The molecule has 0 bridgehead atoms. The highest BCUT2D eigenvalue weighted by atomic mass is 16.6. The van der Waals surface area contributed by atoms with Gasteiger partial charge in [-0.1, -0.05) is 24.3 Å². The summed E-state index contributed by atoms with van der Waals surface area (Å²) in [6.45, 7) is 3.90. The van der Waals surface area contributed by atoms with E-state index in [0.29, 0.717) is 11.5 Å². The first-order valence-corrected chi connectivity index (χ1v) is 7.52. The van der Waals surface area contributed by atoms with Crippen molar-refractivity contribution in [2.75, 3.05) is 0 Å². The average Bonchev–Trinajstić information content (AvgIpc) is 2.59. The summed E-state index contributed by atoms with van der Waals surface area (Å²) in [5.74, 6) is 0.538. The highest BCUT2D eigenvalue weighted by Gasteiger charge is 2.27. The van der Waals surface area contributed by atoms with Gasteiger partial charge in [0.25, 0.3) is 0 Å². The molecule has 7 nitrogen and oxygen atoms in total. The Hall–Kier alpha value is -3.48. The topological polar surface area (TPSA) is 87.4 Å². The molecule has 0 atom stereocenters. The van der Waals surface area contributed by atoms with E-state index in [-0.39, 0.29) is 11.8 Å². The van der Waals surface area contributed by atoms with Gasteiger partial charge < -0.3 is 9.47 Å². The van der Waals surface area contributed by atoms with Gasteiger partial charge in [0.2, 0.25) is 0 Å². The monoisotopic (exact) mass is 337 g/mol. The molecule has 0 saturated heterocycles. The first-order chi connectivity index (χ1) is 12.0. The van der Waals surface area contributed by atoms with E-state index < -0.39 is 10.6 Å². The molecule has 0 unspecified atom stereocenters. The van der Waals surface area contributed by atoms with E-state index in [9.17, 15) is 10.1 Å². The number of ether oxygens (including phenoxy) is 2. The third kappa shape index (κ3) is 3.72. The number of rotatable bonds is 5. The van der Waals surface area contributed by atoms with Crippen LogP contribution in [0.5, 0.6) is 23.3 Å². The van der Waals surface area contributed by atoms with Gasteiger partial charge >= 0.3 is 17.4 Å². The summed E-state index contributed by atoms with van der Waals surface area (Å²) < 4.78 is 11.1. The Morgan fingerprint density at radius 1 is 0.880 bits per heavy atom. The summed E-state index contributed by atoms with van der Waals surface area (Å²) in [6, 6.07) is 14.1. The number of aromatic nitrogens is 2. The number of hydrogen-bond donors (Lipinski definition) is 0. The zero-order chi connectivity index (χ0) is 17.8. The molecule has 0 fully saturated rings. The highest BCUT2D eigenvalue weighted by Crippen LogP contribution is 2.37. The van der Waals surface area contributed by atoms with Crippen LogP contribution in [0.1, 0.15) is 11.1 Å². The van der Waals surface area contributed by atoms with Crippen LogP contribution in [0.3, 0.4) is 0 Å². The van der Waals surface area contributed by atoms with Crippen LogP contribution in [0.15, 0.2) is 54.9 Å². The predicted molar refractivity (Wildman–Crippen MR) is 91.2 cm³/mol. The lowest BCUT2D eigenvalue weighted by atomic mass is 10.1. The van der Waals surface area contributed by atoms with E-state index >= 15 is 0 Å². The number of hydrogen-bond acceptors (Lipinski definition) is 6. The maximum atomic E-state index is 11.5. The second-order valence-electron chi connectivity index (χ2n) is 5.35. The maximum Gasteiger partial charge on any atom is 0.393 e. The van der Waals surface area contributed by atoms with Crippen molar-refractivity contribution in [2.24, 2.45) is 0 Å². The van der Waals surface area contributed by atoms with Gasteiger partial charge in [-0.15, -0.1) is 0 Å². The van der Waals surface area contributed by atoms with E-state index in [1.807, 2.05) is 26.0 Å². The fourth-order valence-corrected chi connectivity index (χ4v) is 2.14. The number of nitrogens with zero attached hydrogens (tertiary/aromatic N) is 3. The van der Waals surface area contributed by atoms with Crippen LogP contribution >= 0.6 is 0 Å². The summed E-state index contributed by atoms with van der Waals surface area (Å²) in [5, 5.41) is 11.5. The van der Waals surface area contributed by atoms with Crippen LogP contribution < -0.4 is 9.47 Å². The SMILES string of the molecule is Cc1ccc(Oc2ncnc(Oc3ccccc3)c2[N+](=O)[O-])cc1C. The second kappa shape index (κ2) is 6.96. The van der Waals surface area contributed by atoms with Crippen LogP contribution in [0.4, 0.5) is 5.69 Å². The summed E-state index contributed by atoms with van der Waals surface area (Å²) >= 11 is 0. The summed E-state index contributed by atoms with van der Waals surface area (Å²) in [6.07, 6.45) is 1.17. The van der Waals surface area contributed by atoms with Gasteiger partial charge in [0, 0.05) is 0 Å². The standard InChI is InChI=1S/C18H15N3O4/c1-12-8-9-15(10-13(12)2)25-18-16(21(22)23)17(19-11-20-18)24-14-6-4-3-5-7-14/h3-11H,1-2H3. The van der Waals surface area contributed by atoms with E-state index in [4.69, 9.17) is 9.47 Å². The largest absolute Gasteiger partial charge is 0.433 e. The summed E-state index contributed by atoms with van der Waals surface area (Å²) in [5.41, 5.74) is 1.68. The first kappa shape index (κ1) is 16.4. The van der Waals surface area contributed by atoms with Crippen molar-refractivity contribution in [1.29, 1.82) is 0 Å². The van der Waals surface area contributed by atoms with Gasteiger partial charge in [0.15, 0.2) is 0 Å². The number of nitro groups is 1. The van der Waals surface area contributed by atoms with E-state index in [0.717, 1.165) is 11.1 Å². The molecule has 1 heterocycles. The van der Waals surface area contributed by atoms with Crippen LogP contribution in [-0.4, -0.2) is 14.9 Å². The van der Waals surface area contributed by atoms with Crippen molar-refractivity contribution in [3.05, 3.63) is 76.1 Å². The molecule has 3 aromatic rings. The molecule has 0 aliphatic rings. The molecule has 7 heteroatoms. The Morgan fingerprint density at radius 3 is 2.12 bits per heavy atom. The van der Waals surface area contributed by atoms with E-state index in [2.05, 4.69) is 9.97 Å². The molecule has 2 aromatic carbocycles. The Kier molecular flexibility index (Phi) is 4.56. The zero-order valence-corrected chi connectivity index (χ0v) is 13.7. The van der Waals surface area contributed by atoms with E-state index in [1.54, 1.807) is 36.4 Å². The lowest BCUT2D eigenvalue weighted by Crippen LogP contribution is -2.01. The fourth-order valence-electron chi connectivity index (χ4n) is 2.14.